The molecule has 2 aliphatic rings. The zero-order chi connectivity index (χ0) is 17.9. The number of rotatable bonds is 6. The van der Waals surface area contributed by atoms with E-state index in [2.05, 4.69) is 5.32 Å². The third-order valence-electron chi connectivity index (χ3n) is 5.30. The summed E-state index contributed by atoms with van der Waals surface area (Å²) in [5.74, 6) is 1.60. The summed E-state index contributed by atoms with van der Waals surface area (Å²) in [4.78, 5) is 31.2. The molecule has 6 heteroatoms. The number of aromatic nitrogens is 2. The summed E-state index contributed by atoms with van der Waals surface area (Å²) in [5.41, 5.74) is 1.96. The summed E-state index contributed by atoms with van der Waals surface area (Å²) in [6.45, 7) is 2.39. The van der Waals surface area contributed by atoms with E-state index in [4.69, 9.17) is 4.98 Å². The molecule has 2 fully saturated rings. The molecular formula is C20H26N4O2. The van der Waals surface area contributed by atoms with Gasteiger partial charge in [-0.05, 0) is 44.2 Å². The van der Waals surface area contributed by atoms with Crippen LogP contribution in [0.5, 0.6) is 0 Å². The zero-order valence-corrected chi connectivity index (χ0v) is 15.1. The van der Waals surface area contributed by atoms with Gasteiger partial charge in [0.05, 0.1) is 11.0 Å². The molecule has 2 heterocycles. The monoisotopic (exact) mass is 354 g/mol. The van der Waals surface area contributed by atoms with Crippen LogP contribution in [0, 0.1) is 0 Å². The zero-order valence-electron chi connectivity index (χ0n) is 15.1. The van der Waals surface area contributed by atoms with E-state index in [1.54, 1.807) is 0 Å². The average molecular weight is 354 g/mol. The second-order valence-electron chi connectivity index (χ2n) is 7.36. The highest BCUT2D eigenvalue weighted by Gasteiger charge is 2.30. The molecule has 2 amide bonds. The van der Waals surface area contributed by atoms with Crippen molar-refractivity contribution in [1.29, 1.82) is 0 Å². The molecule has 26 heavy (non-hydrogen) atoms. The first-order valence-electron chi connectivity index (χ1n) is 9.72. The van der Waals surface area contributed by atoms with Gasteiger partial charge in [0.2, 0.25) is 11.8 Å². The minimum Gasteiger partial charge on any atom is -0.354 e. The molecule has 0 radical (unpaired) electrons. The van der Waals surface area contributed by atoms with E-state index in [0.717, 1.165) is 55.6 Å². The Hall–Kier alpha value is -2.37. The Kier molecular flexibility index (Phi) is 4.91. The fraction of sp³-hybridized carbons (Fsp3) is 0.550. The summed E-state index contributed by atoms with van der Waals surface area (Å²) >= 11 is 0. The van der Waals surface area contributed by atoms with Crippen molar-refractivity contribution in [3.05, 3.63) is 30.1 Å². The Bertz CT molecular complexity index is 803. The molecule has 1 saturated carbocycles. The third kappa shape index (κ3) is 3.74. The minimum atomic E-state index is -0.0542. The number of carbonyl (C=O) groups excluding carboxylic acids is 2. The van der Waals surface area contributed by atoms with Gasteiger partial charge in [0.25, 0.3) is 0 Å². The molecule has 1 aliphatic carbocycles. The van der Waals surface area contributed by atoms with Crippen molar-refractivity contribution in [2.75, 3.05) is 19.6 Å². The molecule has 0 spiro atoms. The highest BCUT2D eigenvalue weighted by molar-refractivity contribution is 5.82. The van der Waals surface area contributed by atoms with Gasteiger partial charge in [-0.15, -0.1) is 0 Å². The quantitative estimate of drug-likeness (QED) is 0.866. The second-order valence-corrected chi connectivity index (χ2v) is 7.36. The predicted octanol–water partition coefficient (Wildman–Crippen LogP) is 2.43. The van der Waals surface area contributed by atoms with Crippen molar-refractivity contribution >= 4 is 22.8 Å². The Morgan fingerprint density at radius 1 is 1.12 bits per heavy atom. The highest BCUT2D eigenvalue weighted by Crippen LogP contribution is 2.40. The Morgan fingerprint density at radius 2 is 1.88 bits per heavy atom. The Morgan fingerprint density at radius 3 is 2.65 bits per heavy atom. The van der Waals surface area contributed by atoms with Crippen LogP contribution in [-0.4, -0.2) is 45.9 Å². The number of nitrogens with zero attached hydrogens (tertiary/aromatic N) is 3. The van der Waals surface area contributed by atoms with E-state index in [-0.39, 0.29) is 18.4 Å². The molecule has 1 aromatic heterocycles. The number of benzene rings is 1. The maximum atomic E-state index is 12.4. The van der Waals surface area contributed by atoms with Crippen LogP contribution in [-0.2, 0) is 16.1 Å². The van der Waals surface area contributed by atoms with Gasteiger partial charge in [-0.2, -0.15) is 0 Å². The number of likely N-dealkylation sites (tertiary alicyclic amines) is 1. The summed E-state index contributed by atoms with van der Waals surface area (Å²) in [6.07, 6.45) is 6.07. The van der Waals surface area contributed by atoms with Crippen molar-refractivity contribution in [1.82, 2.24) is 19.8 Å². The van der Waals surface area contributed by atoms with E-state index in [1.165, 1.54) is 6.42 Å². The van der Waals surface area contributed by atoms with Gasteiger partial charge >= 0.3 is 0 Å². The SMILES string of the molecule is O=C(Cn1c(C2CC2)nc2ccccc21)NCCC(=O)N1CCCCC1. The van der Waals surface area contributed by atoms with E-state index >= 15 is 0 Å². The Balaban J connectivity index is 1.34. The van der Waals surface area contributed by atoms with Crippen molar-refractivity contribution in [2.45, 2.75) is 51.0 Å². The summed E-state index contributed by atoms with van der Waals surface area (Å²) in [5, 5.41) is 2.91. The Labute approximate surface area is 153 Å². The number of amides is 2. The number of carbonyl (C=O) groups is 2. The predicted molar refractivity (Wildman–Crippen MR) is 99.8 cm³/mol. The number of para-hydroxylation sites is 2. The number of hydrogen-bond acceptors (Lipinski definition) is 3. The number of nitrogens with one attached hydrogen (secondary N) is 1. The van der Waals surface area contributed by atoms with E-state index in [9.17, 15) is 9.59 Å². The molecule has 0 bridgehead atoms. The van der Waals surface area contributed by atoms with Crippen molar-refractivity contribution in [3.8, 4) is 0 Å². The average Bonchev–Trinajstić information content (AvgIpc) is 3.45. The fourth-order valence-electron chi connectivity index (χ4n) is 3.72. The second kappa shape index (κ2) is 7.48. The van der Waals surface area contributed by atoms with Crippen LogP contribution in [0.25, 0.3) is 11.0 Å². The molecule has 138 valence electrons. The summed E-state index contributed by atoms with van der Waals surface area (Å²) < 4.78 is 2.04. The van der Waals surface area contributed by atoms with Gasteiger partial charge < -0.3 is 14.8 Å². The minimum absolute atomic E-state index is 0.0542. The largest absolute Gasteiger partial charge is 0.354 e. The normalized spacial score (nSPS) is 17.5. The lowest BCUT2D eigenvalue weighted by atomic mass is 10.1. The third-order valence-corrected chi connectivity index (χ3v) is 5.30. The van der Waals surface area contributed by atoms with Gasteiger partial charge in [0.15, 0.2) is 0 Å². The van der Waals surface area contributed by atoms with E-state index < -0.39 is 0 Å². The lowest BCUT2D eigenvalue weighted by molar-refractivity contribution is -0.132. The number of piperidine rings is 1. The van der Waals surface area contributed by atoms with Crippen LogP contribution in [0.3, 0.4) is 0 Å². The van der Waals surface area contributed by atoms with E-state index in [0.29, 0.717) is 18.9 Å². The smallest absolute Gasteiger partial charge is 0.240 e. The van der Waals surface area contributed by atoms with Crippen LogP contribution in [0.15, 0.2) is 24.3 Å². The molecule has 1 saturated heterocycles. The molecule has 0 atom stereocenters. The van der Waals surface area contributed by atoms with Crippen LogP contribution in [0.1, 0.15) is 50.3 Å². The van der Waals surface area contributed by atoms with Gasteiger partial charge in [-0.25, -0.2) is 4.98 Å². The molecule has 1 aliphatic heterocycles. The molecule has 2 aromatic rings. The van der Waals surface area contributed by atoms with Crippen molar-refractivity contribution in [2.24, 2.45) is 0 Å². The van der Waals surface area contributed by atoms with Gasteiger partial charge in [-0.1, -0.05) is 12.1 Å². The van der Waals surface area contributed by atoms with Crippen LogP contribution < -0.4 is 5.32 Å². The number of fused-ring (bicyclic) bond motifs is 1. The molecule has 0 unspecified atom stereocenters. The van der Waals surface area contributed by atoms with Crippen LogP contribution >= 0.6 is 0 Å². The first-order valence-corrected chi connectivity index (χ1v) is 9.72. The standard InChI is InChI=1S/C20H26N4O2/c25-18(21-11-10-19(26)23-12-4-1-5-13-23)14-24-17-7-3-2-6-16(17)22-20(24)15-8-9-15/h2-3,6-7,15H,1,4-5,8-14H2,(H,21,25). The number of hydrogen-bond donors (Lipinski definition) is 1. The summed E-state index contributed by atoms with van der Waals surface area (Å²) in [6, 6.07) is 7.96. The summed E-state index contributed by atoms with van der Waals surface area (Å²) in [7, 11) is 0. The van der Waals surface area contributed by atoms with Gasteiger partial charge in [0, 0.05) is 32.0 Å². The van der Waals surface area contributed by atoms with Crippen molar-refractivity contribution < 1.29 is 9.59 Å². The molecule has 4 rings (SSSR count). The molecular weight excluding hydrogens is 328 g/mol. The first-order chi connectivity index (χ1) is 12.7. The van der Waals surface area contributed by atoms with Gasteiger partial charge in [0.1, 0.15) is 12.4 Å². The lowest BCUT2D eigenvalue weighted by Crippen LogP contribution is -2.38. The first kappa shape index (κ1) is 17.1. The topological polar surface area (TPSA) is 67.2 Å². The fourth-order valence-corrected chi connectivity index (χ4v) is 3.72. The van der Waals surface area contributed by atoms with Crippen LogP contribution in [0.4, 0.5) is 0 Å². The molecule has 6 nitrogen and oxygen atoms in total. The molecule has 1 N–H and O–H groups in total. The van der Waals surface area contributed by atoms with Crippen LogP contribution in [0.2, 0.25) is 0 Å². The lowest BCUT2D eigenvalue weighted by Gasteiger charge is -2.26. The maximum absolute atomic E-state index is 12.4. The van der Waals surface area contributed by atoms with Gasteiger partial charge in [-0.3, -0.25) is 9.59 Å². The highest BCUT2D eigenvalue weighted by atomic mass is 16.2. The van der Waals surface area contributed by atoms with Crippen molar-refractivity contribution in [3.63, 3.8) is 0 Å². The maximum Gasteiger partial charge on any atom is 0.240 e. The number of imidazole rings is 1. The molecule has 1 aromatic carbocycles. The van der Waals surface area contributed by atoms with E-state index in [1.807, 2.05) is 33.7 Å².